The van der Waals surface area contributed by atoms with Crippen LogP contribution in [0.4, 0.5) is 22.4 Å². The van der Waals surface area contributed by atoms with Crippen molar-refractivity contribution in [3.05, 3.63) is 34.6 Å². The summed E-state index contributed by atoms with van der Waals surface area (Å²) in [6.07, 6.45) is -4.54. The molecular weight excluding hydrogens is 392 g/mol. The summed E-state index contributed by atoms with van der Waals surface area (Å²) in [6.45, 7) is 1.27. The first kappa shape index (κ1) is 21.4. The Labute approximate surface area is 158 Å². The molecule has 0 unspecified atom stereocenters. The summed E-state index contributed by atoms with van der Waals surface area (Å²) < 4.78 is 49.1. The minimum Gasteiger partial charge on any atom is -0.329 e. The third kappa shape index (κ3) is 7.69. The van der Waals surface area contributed by atoms with Crippen molar-refractivity contribution in [2.45, 2.75) is 12.7 Å². The van der Waals surface area contributed by atoms with Gasteiger partial charge in [-0.1, -0.05) is 17.7 Å². The maximum atomic E-state index is 13.1. The average Bonchev–Trinajstić information content (AvgIpc) is 2.56. The van der Waals surface area contributed by atoms with Gasteiger partial charge in [0.2, 0.25) is 5.91 Å². The molecule has 1 aromatic rings. The van der Waals surface area contributed by atoms with Crippen LogP contribution in [0.5, 0.6) is 0 Å². The van der Waals surface area contributed by atoms with E-state index in [9.17, 15) is 27.2 Å². The van der Waals surface area contributed by atoms with Crippen molar-refractivity contribution < 1.29 is 27.2 Å². The van der Waals surface area contributed by atoms with E-state index in [-0.39, 0.29) is 6.54 Å². The van der Waals surface area contributed by atoms with Crippen LogP contribution in [-0.4, -0.2) is 67.2 Å². The lowest BCUT2D eigenvalue weighted by molar-refractivity contribution is -0.125. The van der Waals surface area contributed by atoms with Gasteiger partial charge in [-0.3, -0.25) is 19.9 Å². The van der Waals surface area contributed by atoms with Gasteiger partial charge in [-0.2, -0.15) is 13.2 Å². The minimum atomic E-state index is -4.54. The first-order valence-electron chi connectivity index (χ1n) is 8.15. The lowest BCUT2D eigenvalue weighted by atomic mass is 10.2. The number of alkyl halides is 3. The molecule has 1 fully saturated rings. The second-order valence-corrected chi connectivity index (χ2v) is 6.54. The summed E-state index contributed by atoms with van der Waals surface area (Å²) in [4.78, 5) is 26.9. The van der Waals surface area contributed by atoms with Gasteiger partial charge in [0.25, 0.3) is 0 Å². The van der Waals surface area contributed by atoms with Gasteiger partial charge >= 0.3 is 12.2 Å². The molecule has 1 heterocycles. The number of benzene rings is 1. The van der Waals surface area contributed by atoms with Crippen LogP contribution in [0.1, 0.15) is 5.56 Å². The summed E-state index contributed by atoms with van der Waals surface area (Å²) in [5, 5.41) is 3.79. The van der Waals surface area contributed by atoms with Crippen molar-refractivity contribution in [2.75, 3.05) is 39.3 Å². The molecule has 0 bridgehead atoms. The van der Waals surface area contributed by atoms with E-state index < -0.39 is 30.5 Å². The Hall–Kier alpha value is -1.91. The number of imide groups is 1. The molecule has 1 aromatic carbocycles. The number of carbonyl (C=O) groups excluding carboxylic acids is 2. The molecule has 0 aromatic heterocycles. The Balaban J connectivity index is 1.71. The zero-order valence-corrected chi connectivity index (χ0v) is 15.0. The van der Waals surface area contributed by atoms with Crippen LogP contribution in [0.3, 0.4) is 0 Å². The van der Waals surface area contributed by atoms with E-state index in [1.54, 1.807) is 16.3 Å². The quantitative estimate of drug-likeness (QED) is 0.729. The summed E-state index contributed by atoms with van der Waals surface area (Å²) in [5.41, 5.74) is 0.797. The van der Waals surface area contributed by atoms with Gasteiger partial charge < -0.3 is 5.32 Å². The fraction of sp³-hybridized carbons (Fsp3) is 0.500. The normalized spacial score (nSPS) is 16.2. The topological polar surface area (TPSA) is 64.7 Å². The van der Waals surface area contributed by atoms with Crippen LogP contribution in [0.2, 0.25) is 5.02 Å². The highest BCUT2D eigenvalue weighted by Gasteiger charge is 2.28. The van der Waals surface area contributed by atoms with Crippen LogP contribution in [0.25, 0.3) is 0 Å². The van der Waals surface area contributed by atoms with Crippen molar-refractivity contribution in [3.63, 3.8) is 0 Å². The molecule has 1 saturated heterocycles. The number of urea groups is 1. The first-order valence-corrected chi connectivity index (χ1v) is 8.53. The molecule has 27 heavy (non-hydrogen) atoms. The molecule has 0 radical (unpaired) electrons. The minimum absolute atomic E-state index is 0.0927. The Kier molecular flexibility index (Phi) is 7.40. The fourth-order valence-corrected chi connectivity index (χ4v) is 2.82. The molecule has 1 aliphatic rings. The fourth-order valence-electron chi connectivity index (χ4n) is 2.59. The summed E-state index contributed by atoms with van der Waals surface area (Å²) >= 11 is 6.01. The molecule has 3 amide bonds. The summed E-state index contributed by atoms with van der Waals surface area (Å²) in [5.74, 6) is -1.08. The van der Waals surface area contributed by atoms with Gasteiger partial charge in [0.15, 0.2) is 0 Å². The Morgan fingerprint density at radius 3 is 2.33 bits per heavy atom. The van der Waals surface area contributed by atoms with E-state index >= 15 is 0 Å². The number of nitrogens with zero attached hydrogens (tertiary/aromatic N) is 2. The molecule has 1 aliphatic heterocycles. The molecule has 6 nitrogen and oxygen atoms in total. The van der Waals surface area contributed by atoms with E-state index in [0.717, 1.165) is 5.56 Å². The molecule has 0 atom stereocenters. The molecule has 2 rings (SSSR count). The second-order valence-electron chi connectivity index (χ2n) is 6.13. The molecular formula is C16H19ClF4N4O2. The van der Waals surface area contributed by atoms with E-state index in [1.807, 2.05) is 5.32 Å². The highest BCUT2D eigenvalue weighted by atomic mass is 35.5. The zero-order valence-electron chi connectivity index (χ0n) is 14.3. The predicted molar refractivity (Wildman–Crippen MR) is 90.7 cm³/mol. The molecule has 150 valence electrons. The van der Waals surface area contributed by atoms with Gasteiger partial charge in [-0.05, 0) is 17.7 Å². The highest BCUT2D eigenvalue weighted by molar-refractivity contribution is 6.31. The second kappa shape index (κ2) is 9.34. The zero-order chi connectivity index (χ0) is 20.0. The standard InChI is InChI=1S/C16H19ClF4N4O2/c17-13-7-12(18)2-1-11(13)8-24-3-5-25(6-4-24)9-14(26)23-15(27)22-10-16(19,20)21/h1-2,7H,3-6,8-10H2,(H2,22,23,26,27). The van der Waals surface area contributed by atoms with Crippen LogP contribution in [0, 0.1) is 5.82 Å². The van der Waals surface area contributed by atoms with Crippen molar-refractivity contribution >= 4 is 23.5 Å². The smallest absolute Gasteiger partial charge is 0.329 e. The number of hydrogen-bond donors (Lipinski definition) is 2. The Morgan fingerprint density at radius 2 is 1.74 bits per heavy atom. The third-order valence-corrected chi connectivity index (χ3v) is 4.30. The molecule has 11 heteroatoms. The van der Waals surface area contributed by atoms with Gasteiger partial charge in [0.05, 0.1) is 6.54 Å². The van der Waals surface area contributed by atoms with Crippen molar-refractivity contribution in [2.24, 2.45) is 0 Å². The van der Waals surface area contributed by atoms with E-state index in [2.05, 4.69) is 4.90 Å². The maximum absolute atomic E-state index is 13.1. The van der Waals surface area contributed by atoms with Crippen molar-refractivity contribution in [1.29, 1.82) is 0 Å². The number of nitrogens with one attached hydrogen (secondary N) is 2. The lowest BCUT2D eigenvalue weighted by Crippen LogP contribution is -2.51. The third-order valence-electron chi connectivity index (χ3n) is 3.94. The number of rotatable bonds is 5. The van der Waals surface area contributed by atoms with Crippen LogP contribution in [0.15, 0.2) is 18.2 Å². The number of hydrogen-bond acceptors (Lipinski definition) is 4. The van der Waals surface area contributed by atoms with Gasteiger partial charge in [0.1, 0.15) is 12.4 Å². The molecule has 0 saturated carbocycles. The van der Waals surface area contributed by atoms with E-state index in [4.69, 9.17) is 11.6 Å². The van der Waals surface area contributed by atoms with Crippen LogP contribution < -0.4 is 10.6 Å². The van der Waals surface area contributed by atoms with E-state index in [0.29, 0.717) is 37.7 Å². The van der Waals surface area contributed by atoms with Crippen molar-refractivity contribution in [1.82, 2.24) is 20.4 Å². The predicted octanol–water partition coefficient (Wildman–Crippen LogP) is 1.98. The number of halogens is 5. The lowest BCUT2D eigenvalue weighted by Gasteiger charge is -2.34. The van der Waals surface area contributed by atoms with Crippen LogP contribution in [-0.2, 0) is 11.3 Å². The van der Waals surface area contributed by atoms with Gasteiger partial charge in [-0.15, -0.1) is 0 Å². The largest absolute Gasteiger partial charge is 0.405 e. The summed E-state index contributed by atoms with van der Waals surface area (Å²) in [7, 11) is 0. The Morgan fingerprint density at radius 1 is 1.11 bits per heavy atom. The SMILES string of the molecule is O=C(CN1CCN(Cc2ccc(F)cc2Cl)CC1)NC(=O)NCC(F)(F)F. The van der Waals surface area contributed by atoms with Gasteiger partial charge in [-0.25, -0.2) is 9.18 Å². The molecule has 0 aliphatic carbocycles. The number of carbonyl (C=O) groups is 2. The molecule has 2 N–H and O–H groups in total. The first-order chi connectivity index (χ1) is 12.6. The average molecular weight is 411 g/mol. The van der Waals surface area contributed by atoms with Crippen molar-refractivity contribution in [3.8, 4) is 0 Å². The van der Waals surface area contributed by atoms with E-state index in [1.165, 1.54) is 12.1 Å². The van der Waals surface area contributed by atoms with Crippen LogP contribution >= 0.6 is 11.6 Å². The maximum Gasteiger partial charge on any atom is 0.405 e. The summed E-state index contributed by atoms with van der Waals surface area (Å²) in [6, 6.07) is 3.03. The van der Waals surface area contributed by atoms with Gasteiger partial charge in [0, 0.05) is 37.7 Å². The monoisotopic (exact) mass is 410 g/mol. The Bertz CT molecular complexity index is 679. The number of piperazine rings is 1. The molecule has 0 spiro atoms. The highest BCUT2D eigenvalue weighted by Crippen LogP contribution is 2.19. The number of amides is 3.